The van der Waals surface area contributed by atoms with Gasteiger partial charge in [-0.1, -0.05) is 41.6 Å². The molecule has 0 aliphatic heterocycles. The molecule has 3 aromatic rings. The summed E-state index contributed by atoms with van der Waals surface area (Å²) < 4.78 is 1.79. The lowest BCUT2D eigenvalue weighted by molar-refractivity contribution is -0.384. The van der Waals surface area contributed by atoms with E-state index in [2.05, 4.69) is 15.5 Å². The van der Waals surface area contributed by atoms with Crippen molar-refractivity contribution >= 4 is 40.6 Å². The summed E-state index contributed by atoms with van der Waals surface area (Å²) in [5.41, 5.74) is 1.05. The Hall–Kier alpha value is -2.91. The van der Waals surface area contributed by atoms with Crippen LogP contribution in [0.3, 0.4) is 0 Å². The monoisotopic (exact) mass is 403 g/mol. The van der Waals surface area contributed by atoms with Crippen molar-refractivity contribution in [2.75, 3.05) is 5.32 Å². The predicted molar refractivity (Wildman–Crippen MR) is 103 cm³/mol. The van der Waals surface area contributed by atoms with Crippen LogP contribution in [0.15, 0.2) is 60.0 Å². The number of amides is 1. The van der Waals surface area contributed by atoms with E-state index >= 15 is 0 Å². The van der Waals surface area contributed by atoms with Crippen molar-refractivity contribution in [3.63, 3.8) is 0 Å². The summed E-state index contributed by atoms with van der Waals surface area (Å²) in [6.45, 7) is 1.73. The number of nitro groups is 1. The second-order valence-corrected chi connectivity index (χ2v) is 7.20. The number of hydrogen-bond donors (Lipinski definition) is 1. The van der Waals surface area contributed by atoms with E-state index in [4.69, 9.17) is 11.6 Å². The number of nitro benzene ring substituents is 1. The third-order valence-electron chi connectivity index (χ3n) is 3.62. The fourth-order valence-electron chi connectivity index (χ4n) is 2.24. The molecule has 0 radical (unpaired) electrons. The van der Waals surface area contributed by atoms with Gasteiger partial charge in [0.1, 0.15) is 6.33 Å². The first-order valence-corrected chi connectivity index (χ1v) is 9.08. The first-order chi connectivity index (χ1) is 13.0. The largest absolute Gasteiger partial charge is 0.324 e. The van der Waals surface area contributed by atoms with Gasteiger partial charge in [0.2, 0.25) is 5.91 Å². The van der Waals surface area contributed by atoms with Crippen LogP contribution in [0.25, 0.3) is 5.69 Å². The smallest absolute Gasteiger partial charge is 0.271 e. The maximum Gasteiger partial charge on any atom is 0.271 e. The number of non-ortho nitro benzene ring substituents is 1. The molecule has 0 saturated carbocycles. The van der Waals surface area contributed by atoms with Gasteiger partial charge in [-0.2, -0.15) is 0 Å². The third-order valence-corrected chi connectivity index (χ3v) is 4.99. The van der Waals surface area contributed by atoms with Gasteiger partial charge in [-0.15, -0.1) is 10.2 Å². The van der Waals surface area contributed by atoms with Crippen LogP contribution in [-0.4, -0.2) is 30.8 Å². The molecule has 3 rings (SSSR count). The summed E-state index contributed by atoms with van der Waals surface area (Å²) in [6.07, 6.45) is 1.58. The van der Waals surface area contributed by atoms with E-state index in [1.165, 1.54) is 30.0 Å². The van der Waals surface area contributed by atoms with E-state index in [-0.39, 0.29) is 16.6 Å². The number of nitrogens with zero attached hydrogens (tertiary/aromatic N) is 4. The Bertz CT molecular complexity index is 980. The van der Waals surface area contributed by atoms with Crippen LogP contribution < -0.4 is 5.32 Å². The second kappa shape index (κ2) is 8.19. The van der Waals surface area contributed by atoms with Gasteiger partial charge in [-0.05, 0) is 25.1 Å². The van der Waals surface area contributed by atoms with Gasteiger partial charge >= 0.3 is 0 Å². The Morgan fingerprint density at radius 2 is 2.04 bits per heavy atom. The standard InChI is InChI=1S/C17H14ClN5O3S/c1-11(16(24)20-15-8-7-13(23(25)26)9-14(15)18)27-17-21-19-10-22(17)12-5-3-2-4-6-12/h2-11H,1H3,(H,20,24)/t11-/m0/s1. The number of nitrogens with one attached hydrogen (secondary N) is 1. The van der Waals surface area contributed by atoms with Crippen molar-refractivity contribution in [3.8, 4) is 5.69 Å². The highest BCUT2D eigenvalue weighted by molar-refractivity contribution is 8.00. The molecule has 8 nitrogen and oxygen atoms in total. The highest BCUT2D eigenvalue weighted by Gasteiger charge is 2.20. The van der Waals surface area contributed by atoms with Crippen LogP contribution in [0.5, 0.6) is 0 Å². The Kier molecular flexibility index (Phi) is 5.72. The molecular weight excluding hydrogens is 390 g/mol. The number of hydrogen-bond acceptors (Lipinski definition) is 6. The van der Waals surface area contributed by atoms with Crippen molar-refractivity contribution in [2.24, 2.45) is 0 Å². The third kappa shape index (κ3) is 4.44. The van der Waals surface area contributed by atoms with Crippen molar-refractivity contribution in [1.29, 1.82) is 0 Å². The molecular formula is C17H14ClN5O3S. The normalized spacial score (nSPS) is 11.8. The minimum atomic E-state index is -0.549. The molecule has 0 fully saturated rings. The van der Waals surface area contributed by atoms with Gasteiger partial charge in [0.15, 0.2) is 5.16 Å². The average molecular weight is 404 g/mol. The minimum absolute atomic E-state index is 0.0993. The molecule has 2 aromatic carbocycles. The van der Waals surface area contributed by atoms with Crippen molar-refractivity contribution in [3.05, 3.63) is 70.0 Å². The van der Waals surface area contributed by atoms with Crippen LogP contribution in [0.2, 0.25) is 5.02 Å². The fourth-order valence-corrected chi connectivity index (χ4v) is 3.30. The molecule has 1 aromatic heterocycles. The lowest BCUT2D eigenvalue weighted by Crippen LogP contribution is -2.23. The Labute approximate surface area is 163 Å². The topological polar surface area (TPSA) is 103 Å². The first-order valence-electron chi connectivity index (χ1n) is 7.82. The van der Waals surface area contributed by atoms with Gasteiger partial charge < -0.3 is 5.32 Å². The van der Waals surface area contributed by atoms with Gasteiger partial charge in [0, 0.05) is 17.8 Å². The highest BCUT2D eigenvalue weighted by atomic mass is 35.5. The second-order valence-electron chi connectivity index (χ2n) is 5.49. The number of rotatable bonds is 6. The molecule has 0 unspecified atom stereocenters. The molecule has 1 heterocycles. The molecule has 1 amide bonds. The SMILES string of the molecule is C[C@H](Sc1nncn1-c1ccccc1)C(=O)Nc1ccc([N+](=O)[O-])cc1Cl. The zero-order valence-electron chi connectivity index (χ0n) is 14.1. The minimum Gasteiger partial charge on any atom is -0.324 e. The lowest BCUT2D eigenvalue weighted by Gasteiger charge is -2.13. The molecule has 1 N–H and O–H groups in total. The molecule has 1 atom stereocenters. The number of carbonyl (C=O) groups is 1. The van der Waals surface area contributed by atoms with Crippen LogP contribution in [0.1, 0.15) is 6.92 Å². The van der Waals surface area contributed by atoms with Crippen molar-refractivity contribution in [2.45, 2.75) is 17.3 Å². The summed E-state index contributed by atoms with van der Waals surface area (Å²) in [5.74, 6) is -0.307. The average Bonchev–Trinajstić information content (AvgIpc) is 3.12. The number of para-hydroxylation sites is 1. The van der Waals surface area contributed by atoms with E-state index in [1.807, 2.05) is 30.3 Å². The molecule has 0 aliphatic carbocycles. The quantitative estimate of drug-likeness (QED) is 0.379. The van der Waals surface area contributed by atoms with E-state index in [0.29, 0.717) is 10.8 Å². The Morgan fingerprint density at radius 1 is 1.30 bits per heavy atom. The molecule has 0 bridgehead atoms. The molecule has 0 spiro atoms. The number of benzene rings is 2. The van der Waals surface area contributed by atoms with Crippen molar-refractivity contribution < 1.29 is 9.72 Å². The van der Waals surface area contributed by atoms with E-state index < -0.39 is 10.2 Å². The number of carbonyl (C=O) groups excluding carboxylic acids is 1. The van der Waals surface area contributed by atoms with Gasteiger partial charge in [0.25, 0.3) is 5.69 Å². The van der Waals surface area contributed by atoms with E-state index in [0.717, 1.165) is 5.69 Å². The molecule has 27 heavy (non-hydrogen) atoms. The first kappa shape index (κ1) is 18.9. The van der Waals surface area contributed by atoms with E-state index in [1.54, 1.807) is 17.8 Å². The highest BCUT2D eigenvalue weighted by Crippen LogP contribution is 2.29. The lowest BCUT2D eigenvalue weighted by atomic mass is 10.2. The van der Waals surface area contributed by atoms with Crippen LogP contribution in [0.4, 0.5) is 11.4 Å². The maximum atomic E-state index is 12.5. The summed E-state index contributed by atoms with van der Waals surface area (Å²) in [5, 5.41) is 21.6. The molecule has 0 saturated heterocycles. The number of thioether (sulfide) groups is 1. The molecule has 0 aliphatic rings. The zero-order chi connectivity index (χ0) is 19.4. The summed E-state index contributed by atoms with van der Waals surface area (Å²) in [6, 6.07) is 13.4. The number of anilines is 1. The summed E-state index contributed by atoms with van der Waals surface area (Å²) in [4.78, 5) is 22.7. The van der Waals surface area contributed by atoms with Gasteiger partial charge in [-0.3, -0.25) is 19.5 Å². The Balaban J connectivity index is 1.71. The van der Waals surface area contributed by atoms with Crippen LogP contribution in [0, 0.1) is 10.1 Å². The molecule has 10 heteroatoms. The van der Waals surface area contributed by atoms with Crippen molar-refractivity contribution in [1.82, 2.24) is 14.8 Å². The number of halogens is 1. The van der Waals surface area contributed by atoms with Crippen LogP contribution >= 0.6 is 23.4 Å². The predicted octanol–water partition coefficient (Wildman–Crippen LogP) is 3.95. The fraction of sp³-hybridized carbons (Fsp3) is 0.118. The Morgan fingerprint density at radius 3 is 2.70 bits per heavy atom. The zero-order valence-corrected chi connectivity index (χ0v) is 15.6. The summed E-state index contributed by atoms with van der Waals surface area (Å²) >= 11 is 7.26. The summed E-state index contributed by atoms with van der Waals surface area (Å²) in [7, 11) is 0. The van der Waals surface area contributed by atoms with Crippen LogP contribution in [-0.2, 0) is 4.79 Å². The van der Waals surface area contributed by atoms with E-state index in [9.17, 15) is 14.9 Å². The molecule has 138 valence electrons. The number of aromatic nitrogens is 3. The van der Waals surface area contributed by atoms with Gasteiger partial charge in [-0.25, -0.2) is 0 Å². The van der Waals surface area contributed by atoms with Gasteiger partial charge in [0.05, 0.1) is 20.9 Å². The maximum absolute atomic E-state index is 12.5.